The van der Waals surface area contributed by atoms with Crippen LogP contribution in [0.2, 0.25) is 0 Å². The molecule has 6 nitrogen and oxygen atoms in total. The normalized spacial score (nSPS) is 17.3. The van der Waals surface area contributed by atoms with Gasteiger partial charge in [0.05, 0.1) is 4.90 Å². The van der Waals surface area contributed by atoms with Crippen LogP contribution in [0.5, 0.6) is 0 Å². The molecule has 25 heavy (non-hydrogen) atoms. The van der Waals surface area contributed by atoms with Crippen LogP contribution in [0.4, 0.5) is 0 Å². The molecule has 1 fully saturated rings. The van der Waals surface area contributed by atoms with Crippen molar-refractivity contribution in [2.24, 2.45) is 5.73 Å². The first kappa shape index (κ1) is 18.6. The number of nitrogens with zero attached hydrogens (tertiary/aromatic N) is 2. The molecule has 1 aliphatic rings. The fourth-order valence-corrected chi connectivity index (χ4v) is 5.23. The molecule has 8 heteroatoms. The molecule has 0 atom stereocenters. The van der Waals surface area contributed by atoms with Gasteiger partial charge in [0.25, 0.3) is 0 Å². The molecule has 0 amide bonds. The van der Waals surface area contributed by atoms with E-state index in [2.05, 4.69) is 10.3 Å². The standard InChI is InChI=1S/C17H24N4O2S2/c18-6-12-24-17-16-4-3-15(13-14(16)5-8-20-17)25(22,23)21-10-2-1-7-19-9-11-21/h3-5,8,13,19H,1-2,6-7,9-12,18H2. The monoisotopic (exact) mass is 380 g/mol. The molecule has 0 saturated carbocycles. The zero-order valence-corrected chi connectivity index (χ0v) is 15.8. The van der Waals surface area contributed by atoms with Crippen molar-refractivity contribution in [2.45, 2.75) is 22.8 Å². The van der Waals surface area contributed by atoms with Gasteiger partial charge in [-0.2, -0.15) is 4.31 Å². The van der Waals surface area contributed by atoms with Crippen molar-refractivity contribution in [3.8, 4) is 0 Å². The Morgan fingerprint density at radius 1 is 1.20 bits per heavy atom. The van der Waals surface area contributed by atoms with Gasteiger partial charge in [-0.1, -0.05) is 6.07 Å². The molecule has 1 aliphatic heterocycles. The quantitative estimate of drug-likeness (QED) is 0.767. The third-order valence-electron chi connectivity index (χ3n) is 4.24. The highest BCUT2D eigenvalue weighted by atomic mass is 32.2. The summed E-state index contributed by atoms with van der Waals surface area (Å²) in [6.45, 7) is 3.32. The number of pyridine rings is 1. The van der Waals surface area contributed by atoms with Crippen LogP contribution >= 0.6 is 11.8 Å². The van der Waals surface area contributed by atoms with Gasteiger partial charge in [0.15, 0.2) is 0 Å². The van der Waals surface area contributed by atoms with Gasteiger partial charge in [-0.05, 0) is 43.0 Å². The van der Waals surface area contributed by atoms with Gasteiger partial charge in [0.1, 0.15) is 5.03 Å². The SMILES string of the molecule is NCCSc1nccc2cc(S(=O)(=O)N3CCCCNCC3)ccc12. The minimum absolute atomic E-state index is 0.349. The highest BCUT2D eigenvalue weighted by molar-refractivity contribution is 7.99. The van der Waals surface area contributed by atoms with E-state index in [9.17, 15) is 8.42 Å². The van der Waals surface area contributed by atoms with Crippen LogP contribution < -0.4 is 11.1 Å². The molecular formula is C17H24N4O2S2. The average Bonchev–Trinajstić information content (AvgIpc) is 2.58. The summed E-state index contributed by atoms with van der Waals surface area (Å²) in [7, 11) is -3.48. The third kappa shape index (κ3) is 4.32. The smallest absolute Gasteiger partial charge is 0.243 e. The molecule has 0 unspecified atom stereocenters. The fourth-order valence-electron chi connectivity index (χ4n) is 2.93. The van der Waals surface area contributed by atoms with E-state index in [1.807, 2.05) is 12.1 Å². The second-order valence-corrected chi connectivity index (χ2v) is 9.02. The molecule has 2 aromatic rings. The van der Waals surface area contributed by atoms with Crippen molar-refractivity contribution >= 4 is 32.6 Å². The summed E-state index contributed by atoms with van der Waals surface area (Å²) >= 11 is 1.59. The van der Waals surface area contributed by atoms with Crippen molar-refractivity contribution in [2.75, 3.05) is 38.5 Å². The molecule has 0 bridgehead atoms. The lowest BCUT2D eigenvalue weighted by atomic mass is 10.2. The molecule has 1 aromatic heterocycles. The summed E-state index contributed by atoms with van der Waals surface area (Å²) in [6.07, 6.45) is 3.60. The first-order chi connectivity index (χ1) is 12.1. The van der Waals surface area contributed by atoms with E-state index < -0.39 is 10.0 Å². The minimum Gasteiger partial charge on any atom is -0.330 e. The molecule has 3 rings (SSSR count). The Morgan fingerprint density at radius 2 is 2.08 bits per heavy atom. The number of thioether (sulfide) groups is 1. The average molecular weight is 381 g/mol. The van der Waals surface area contributed by atoms with Crippen LogP contribution in [0.15, 0.2) is 40.4 Å². The lowest BCUT2D eigenvalue weighted by Crippen LogP contribution is -2.39. The van der Waals surface area contributed by atoms with Crippen molar-refractivity contribution in [1.82, 2.24) is 14.6 Å². The van der Waals surface area contributed by atoms with E-state index in [1.165, 1.54) is 0 Å². The zero-order chi connectivity index (χ0) is 17.7. The first-order valence-electron chi connectivity index (χ1n) is 8.55. The molecule has 0 spiro atoms. The number of nitrogens with one attached hydrogen (secondary N) is 1. The largest absolute Gasteiger partial charge is 0.330 e. The summed E-state index contributed by atoms with van der Waals surface area (Å²) in [6, 6.07) is 7.16. The molecule has 0 radical (unpaired) electrons. The Balaban J connectivity index is 1.92. The maximum atomic E-state index is 13.0. The first-order valence-corrected chi connectivity index (χ1v) is 11.0. The number of hydrogen-bond donors (Lipinski definition) is 2. The number of sulfonamides is 1. The van der Waals surface area contributed by atoms with Crippen LogP contribution in [0.1, 0.15) is 12.8 Å². The fraction of sp³-hybridized carbons (Fsp3) is 0.471. The highest BCUT2D eigenvalue weighted by Gasteiger charge is 2.25. The number of aromatic nitrogens is 1. The van der Waals surface area contributed by atoms with E-state index >= 15 is 0 Å². The third-order valence-corrected chi connectivity index (χ3v) is 7.18. The number of nitrogens with two attached hydrogens (primary N) is 1. The van der Waals surface area contributed by atoms with Crippen LogP contribution in [0, 0.1) is 0 Å². The van der Waals surface area contributed by atoms with Gasteiger partial charge in [0.2, 0.25) is 10.0 Å². The summed E-state index contributed by atoms with van der Waals surface area (Å²) in [5, 5.41) is 6.02. The lowest BCUT2D eigenvalue weighted by molar-refractivity contribution is 0.373. The predicted octanol–water partition coefficient (Wildman–Crippen LogP) is 1.66. The van der Waals surface area contributed by atoms with Crippen LogP contribution in [-0.4, -0.2) is 56.2 Å². The Hall–Kier alpha value is -1.19. The molecule has 0 aliphatic carbocycles. The highest BCUT2D eigenvalue weighted by Crippen LogP contribution is 2.28. The molecule has 136 valence electrons. The molecule has 1 aromatic carbocycles. The van der Waals surface area contributed by atoms with Crippen molar-refractivity contribution < 1.29 is 8.42 Å². The number of fused-ring (bicyclic) bond motifs is 1. The van der Waals surface area contributed by atoms with Gasteiger partial charge in [-0.15, -0.1) is 11.8 Å². The summed E-state index contributed by atoms with van der Waals surface area (Å²) in [5.74, 6) is 0.785. The zero-order valence-electron chi connectivity index (χ0n) is 14.1. The van der Waals surface area contributed by atoms with E-state index in [1.54, 1.807) is 34.4 Å². The van der Waals surface area contributed by atoms with Crippen molar-refractivity contribution in [3.63, 3.8) is 0 Å². The number of rotatable bonds is 5. The van der Waals surface area contributed by atoms with Crippen LogP contribution in [0.25, 0.3) is 10.8 Å². The van der Waals surface area contributed by atoms with Crippen molar-refractivity contribution in [3.05, 3.63) is 30.5 Å². The molecule has 1 saturated heterocycles. The maximum absolute atomic E-state index is 13.0. The van der Waals surface area contributed by atoms with E-state index in [4.69, 9.17) is 5.73 Å². The second kappa shape index (κ2) is 8.46. The lowest BCUT2D eigenvalue weighted by Gasteiger charge is -2.24. The predicted molar refractivity (Wildman–Crippen MR) is 102 cm³/mol. The van der Waals surface area contributed by atoms with E-state index in [0.29, 0.717) is 31.1 Å². The van der Waals surface area contributed by atoms with Crippen LogP contribution in [-0.2, 0) is 10.0 Å². The molecular weight excluding hydrogens is 356 g/mol. The maximum Gasteiger partial charge on any atom is 0.243 e. The van der Waals surface area contributed by atoms with Gasteiger partial charge >= 0.3 is 0 Å². The van der Waals surface area contributed by atoms with E-state index in [0.717, 1.165) is 40.9 Å². The second-order valence-electron chi connectivity index (χ2n) is 6.00. The Kier molecular flexibility index (Phi) is 6.29. The summed E-state index contributed by atoms with van der Waals surface area (Å²) < 4.78 is 27.6. The number of benzene rings is 1. The van der Waals surface area contributed by atoms with Gasteiger partial charge in [-0.3, -0.25) is 0 Å². The van der Waals surface area contributed by atoms with Gasteiger partial charge in [0, 0.05) is 43.5 Å². The van der Waals surface area contributed by atoms with Crippen molar-refractivity contribution in [1.29, 1.82) is 0 Å². The minimum atomic E-state index is -3.48. The van der Waals surface area contributed by atoms with Crippen LogP contribution in [0.3, 0.4) is 0 Å². The Labute approximate surface area is 153 Å². The van der Waals surface area contributed by atoms with Gasteiger partial charge < -0.3 is 11.1 Å². The topological polar surface area (TPSA) is 88.3 Å². The molecule has 3 N–H and O–H groups in total. The van der Waals surface area contributed by atoms with Gasteiger partial charge in [-0.25, -0.2) is 13.4 Å². The van der Waals surface area contributed by atoms with E-state index in [-0.39, 0.29) is 0 Å². The summed E-state index contributed by atoms with van der Waals surface area (Å²) in [5.41, 5.74) is 5.57. The number of hydrogen-bond acceptors (Lipinski definition) is 6. The summed E-state index contributed by atoms with van der Waals surface area (Å²) in [4.78, 5) is 4.74. The Bertz CT molecular complexity index is 819. The Morgan fingerprint density at radius 3 is 2.92 bits per heavy atom. The molecule has 2 heterocycles.